The lowest BCUT2D eigenvalue weighted by Crippen LogP contribution is -2.56. The maximum Gasteiger partial charge on any atom is 0.126 e. The monoisotopic (exact) mass is 322 g/mol. The third-order valence-electron chi connectivity index (χ3n) is 4.74. The topological polar surface area (TPSA) is 28.4 Å². The fourth-order valence-electron chi connectivity index (χ4n) is 3.61. The van der Waals surface area contributed by atoms with Crippen molar-refractivity contribution in [1.29, 1.82) is 0 Å². The van der Waals surface area contributed by atoms with Crippen molar-refractivity contribution in [1.82, 2.24) is 10.2 Å². The second kappa shape index (κ2) is 5.76. The highest BCUT2D eigenvalue weighted by atomic mass is 35.5. The van der Waals surface area contributed by atoms with Crippen molar-refractivity contribution in [3.63, 3.8) is 0 Å². The average Bonchev–Trinajstić information content (AvgIpc) is 3.18. The highest BCUT2D eigenvalue weighted by Crippen LogP contribution is 2.34. The molecule has 5 rings (SSSR count). The largest absolute Gasteiger partial charge is 0.467 e. The van der Waals surface area contributed by atoms with E-state index in [0.717, 1.165) is 22.6 Å². The Morgan fingerprint density at radius 1 is 1.29 bits per heavy atom. The van der Waals surface area contributed by atoms with Gasteiger partial charge in [-0.1, -0.05) is 11.6 Å². The summed E-state index contributed by atoms with van der Waals surface area (Å²) in [4.78, 5) is 3.80. The van der Waals surface area contributed by atoms with Gasteiger partial charge in [0.2, 0.25) is 0 Å². The number of fused-ring (bicyclic) bond motifs is 3. The van der Waals surface area contributed by atoms with Crippen LogP contribution in [0.25, 0.3) is 0 Å². The maximum absolute atomic E-state index is 6.12. The molecule has 2 aromatic rings. The molecule has 0 saturated carbocycles. The molecular formula is C16H19ClN2OS. The van der Waals surface area contributed by atoms with Gasteiger partial charge >= 0.3 is 0 Å². The second-order valence-corrected chi connectivity index (χ2v) is 7.75. The van der Waals surface area contributed by atoms with Crippen LogP contribution in [0.4, 0.5) is 0 Å². The van der Waals surface area contributed by atoms with Gasteiger partial charge in [-0.05, 0) is 56.1 Å². The minimum atomic E-state index is 0.114. The first-order valence-electron chi connectivity index (χ1n) is 7.56. The Balaban J connectivity index is 1.58. The van der Waals surface area contributed by atoms with E-state index in [9.17, 15) is 0 Å². The van der Waals surface area contributed by atoms with Crippen LogP contribution in [0, 0.1) is 5.92 Å². The number of hydrogen-bond donors (Lipinski definition) is 1. The van der Waals surface area contributed by atoms with Crippen LogP contribution in [-0.4, -0.2) is 30.6 Å². The number of furan rings is 1. The fourth-order valence-corrected chi connectivity index (χ4v) is 4.74. The smallest absolute Gasteiger partial charge is 0.126 e. The number of thiophene rings is 1. The standard InChI is InChI=1S/C16H19ClN2OS/c17-15-4-3-14(21-15)16(13-2-1-9-20-13)18-12-10-19-7-5-11(12)6-8-19/h1-4,9,11-12,16,18H,5-8,10H2. The summed E-state index contributed by atoms with van der Waals surface area (Å²) in [6.07, 6.45) is 4.37. The summed E-state index contributed by atoms with van der Waals surface area (Å²) >= 11 is 7.76. The minimum Gasteiger partial charge on any atom is -0.467 e. The zero-order valence-corrected chi connectivity index (χ0v) is 13.4. The van der Waals surface area contributed by atoms with Crippen LogP contribution in [0.1, 0.15) is 29.5 Å². The van der Waals surface area contributed by atoms with Crippen LogP contribution in [0.3, 0.4) is 0 Å². The summed E-state index contributed by atoms with van der Waals surface area (Å²) < 4.78 is 6.50. The first-order valence-corrected chi connectivity index (χ1v) is 8.76. The van der Waals surface area contributed by atoms with E-state index in [0.29, 0.717) is 6.04 Å². The van der Waals surface area contributed by atoms with Crippen molar-refractivity contribution in [3.8, 4) is 0 Å². The summed E-state index contributed by atoms with van der Waals surface area (Å²) in [5.74, 6) is 1.77. The Bertz CT molecular complexity index is 589. The van der Waals surface area contributed by atoms with Gasteiger partial charge in [0.15, 0.2) is 0 Å². The molecular weight excluding hydrogens is 304 g/mol. The average molecular weight is 323 g/mol. The van der Waals surface area contributed by atoms with Crippen molar-refractivity contribution in [3.05, 3.63) is 45.5 Å². The van der Waals surface area contributed by atoms with Gasteiger partial charge in [-0.25, -0.2) is 0 Å². The van der Waals surface area contributed by atoms with Crippen molar-refractivity contribution in [2.24, 2.45) is 5.92 Å². The summed E-state index contributed by atoms with van der Waals surface area (Å²) in [5.41, 5.74) is 0. The molecule has 5 heterocycles. The van der Waals surface area contributed by atoms with E-state index in [1.54, 1.807) is 17.6 Å². The molecule has 21 heavy (non-hydrogen) atoms. The quantitative estimate of drug-likeness (QED) is 0.929. The number of nitrogens with one attached hydrogen (secondary N) is 1. The van der Waals surface area contributed by atoms with Crippen molar-refractivity contribution < 1.29 is 4.42 Å². The molecule has 3 aliphatic heterocycles. The molecule has 3 saturated heterocycles. The first-order chi connectivity index (χ1) is 10.3. The summed E-state index contributed by atoms with van der Waals surface area (Å²) in [6.45, 7) is 3.68. The molecule has 0 aromatic carbocycles. The van der Waals surface area contributed by atoms with Crippen LogP contribution < -0.4 is 5.32 Å². The number of hydrogen-bond acceptors (Lipinski definition) is 4. The number of halogens is 1. The predicted molar refractivity (Wildman–Crippen MR) is 86.0 cm³/mol. The normalized spacial score (nSPS) is 29.7. The van der Waals surface area contributed by atoms with Crippen molar-refractivity contribution in [2.45, 2.75) is 24.9 Å². The maximum atomic E-state index is 6.12. The van der Waals surface area contributed by atoms with E-state index in [1.165, 1.54) is 30.8 Å². The van der Waals surface area contributed by atoms with Gasteiger partial charge in [-0.3, -0.25) is 5.32 Å². The lowest BCUT2D eigenvalue weighted by molar-refractivity contribution is 0.0681. The van der Waals surface area contributed by atoms with Crippen LogP contribution in [0.5, 0.6) is 0 Å². The molecule has 0 amide bonds. The van der Waals surface area contributed by atoms with Crippen molar-refractivity contribution >= 4 is 22.9 Å². The highest BCUT2D eigenvalue weighted by Gasteiger charge is 2.36. The Morgan fingerprint density at radius 3 is 2.71 bits per heavy atom. The van der Waals surface area contributed by atoms with Gasteiger partial charge in [-0.15, -0.1) is 11.3 Å². The van der Waals surface area contributed by atoms with E-state index in [2.05, 4.69) is 16.3 Å². The van der Waals surface area contributed by atoms with Crippen LogP contribution in [0.2, 0.25) is 4.34 Å². The zero-order chi connectivity index (χ0) is 14.2. The molecule has 3 nitrogen and oxygen atoms in total. The third kappa shape index (κ3) is 2.78. The van der Waals surface area contributed by atoms with Gasteiger partial charge < -0.3 is 9.32 Å². The van der Waals surface area contributed by atoms with Crippen LogP contribution >= 0.6 is 22.9 Å². The van der Waals surface area contributed by atoms with Gasteiger partial charge in [0.05, 0.1) is 10.6 Å². The molecule has 3 fully saturated rings. The molecule has 0 spiro atoms. The molecule has 112 valence electrons. The molecule has 0 aliphatic carbocycles. The van der Waals surface area contributed by atoms with Crippen LogP contribution in [-0.2, 0) is 0 Å². The molecule has 2 aromatic heterocycles. The van der Waals surface area contributed by atoms with Crippen molar-refractivity contribution in [2.75, 3.05) is 19.6 Å². The van der Waals surface area contributed by atoms with E-state index < -0.39 is 0 Å². The molecule has 2 bridgehead atoms. The van der Waals surface area contributed by atoms with E-state index in [-0.39, 0.29) is 6.04 Å². The minimum absolute atomic E-state index is 0.114. The van der Waals surface area contributed by atoms with E-state index in [4.69, 9.17) is 16.0 Å². The Morgan fingerprint density at radius 2 is 2.14 bits per heavy atom. The molecule has 2 atom stereocenters. The molecule has 5 heteroatoms. The highest BCUT2D eigenvalue weighted by molar-refractivity contribution is 7.16. The number of piperidine rings is 3. The second-order valence-electron chi connectivity index (χ2n) is 6.00. The SMILES string of the molecule is Clc1ccc(C(NC2CN3CCC2CC3)c2ccco2)s1. The summed E-state index contributed by atoms with van der Waals surface area (Å²) in [7, 11) is 0. The lowest BCUT2D eigenvalue weighted by atomic mass is 9.83. The Hall–Kier alpha value is -0.810. The van der Waals surface area contributed by atoms with Crippen LogP contribution in [0.15, 0.2) is 34.9 Å². The van der Waals surface area contributed by atoms with E-state index in [1.807, 2.05) is 18.2 Å². The van der Waals surface area contributed by atoms with Gasteiger partial charge in [-0.2, -0.15) is 0 Å². The Kier molecular flexibility index (Phi) is 3.79. The third-order valence-corrected chi connectivity index (χ3v) is 6.04. The Labute approximate surface area is 133 Å². The van der Waals surface area contributed by atoms with Gasteiger partial charge in [0, 0.05) is 17.5 Å². The van der Waals surface area contributed by atoms with Gasteiger partial charge in [0.1, 0.15) is 11.8 Å². The predicted octanol–water partition coefficient (Wildman–Crippen LogP) is 3.77. The first kappa shape index (κ1) is 13.8. The lowest BCUT2D eigenvalue weighted by Gasteiger charge is -2.46. The number of rotatable bonds is 4. The summed E-state index contributed by atoms with van der Waals surface area (Å²) in [6, 6.07) is 8.73. The molecule has 0 radical (unpaired) electrons. The van der Waals surface area contributed by atoms with E-state index >= 15 is 0 Å². The fraction of sp³-hybridized carbons (Fsp3) is 0.500. The molecule has 2 unspecified atom stereocenters. The zero-order valence-electron chi connectivity index (χ0n) is 11.8. The summed E-state index contributed by atoms with van der Waals surface area (Å²) in [5, 5.41) is 3.84. The molecule has 3 aliphatic rings. The molecule has 1 N–H and O–H groups in total. The number of nitrogens with zero attached hydrogens (tertiary/aromatic N) is 1. The van der Waals surface area contributed by atoms with Gasteiger partial charge in [0.25, 0.3) is 0 Å².